The first kappa shape index (κ1) is 10.3. The lowest BCUT2D eigenvalue weighted by atomic mass is 10.3. The molecule has 5 nitrogen and oxygen atoms in total. The summed E-state index contributed by atoms with van der Waals surface area (Å²) in [5.41, 5.74) is 1.72. The minimum Gasteiger partial charge on any atom is -0.298 e. The third-order valence-electron chi connectivity index (χ3n) is 1.92. The van der Waals surface area contributed by atoms with Gasteiger partial charge in [-0.15, -0.1) is 5.10 Å². The molecule has 1 aromatic heterocycles. The van der Waals surface area contributed by atoms with Crippen LogP contribution < -0.4 is 5.90 Å². The SMILES string of the molecule is NOCc1cnnn1-c1ccc(Br)cc1. The van der Waals surface area contributed by atoms with Gasteiger partial charge in [0.1, 0.15) is 6.61 Å². The van der Waals surface area contributed by atoms with Gasteiger partial charge in [0.15, 0.2) is 0 Å². The summed E-state index contributed by atoms with van der Waals surface area (Å²) in [7, 11) is 0. The molecule has 0 saturated carbocycles. The summed E-state index contributed by atoms with van der Waals surface area (Å²) in [6.07, 6.45) is 1.62. The Morgan fingerprint density at radius 1 is 1.33 bits per heavy atom. The number of hydrogen-bond donors (Lipinski definition) is 1. The Labute approximate surface area is 94.9 Å². The number of hydrogen-bond acceptors (Lipinski definition) is 4. The molecule has 0 aliphatic carbocycles. The topological polar surface area (TPSA) is 66.0 Å². The van der Waals surface area contributed by atoms with E-state index < -0.39 is 0 Å². The molecule has 6 heteroatoms. The maximum atomic E-state index is 5.01. The number of halogens is 1. The van der Waals surface area contributed by atoms with Crippen LogP contribution in [-0.4, -0.2) is 15.0 Å². The number of benzene rings is 1. The maximum Gasteiger partial charge on any atom is 0.112 e. The molecule has 0 bridgehead atoms. The predicted molar refractivity (Wildman–Crippen MR) is 58.0 cm³/mol. The highest BCUT2D eigenvalue weighted by atomic mass is 79.9. The molecule has 0 atom stereocenters. The van der Waals surface area contributed by atoms with Gasteiger partial charge in [0, 0.05) is 4.47 Å². The van der Waals surface area contributed by atoms with Crippen LogP contribution in [0.2, 0.25) is 0 Å². The molecule has 0 saturated heterocycles. The predicted octanol–water partition coefficient (Wildman–Crippen LogP) is 1.42. The van der Waals surface area contributed by atoms with E-state index in [0.29, 0.717) is 0 Å². The van der Waals surface area contributed by atoms with E-state index in [-0.39, 0.29) is 6.61 Å². The summed E-state index contributed by atoms with van der Waals surface area (Å²) in [5, 5.41) is 7.76. The lowest BCUT2D eigenvalue weighted by Crippen LogP contribution is -2.06. The summed E-state index contributed by atoms with van der Waals surface area (Å²) in [6, 6.07) is 7.73. The van der Waals surface area contributed by atoms with Crippen molar-refractivity contribution in [2.75, 3.05) is 0 Å². The Morgan fingerprint density at radius 3 is 2.73 bits per heavy atom. The van der Waals surface area contributed by atoms with E-state index in [1.807, 2.05) is 24.3 Å². The van der Waals surface area contributed by atoms with E-state index in [0.717, 1.165) is 15.9 Å². The summed E-state index contributed by atoms with van der Waals surface area (Å²) in [6.45, 7) is 0.281. The van der Waals surface area contributed by atoms with Crippen molar-refractivity contribution in [3.05, 3.63) is 40.6 Å². The molecule has 0 aliphatic heterocycles. The molecule has 1 heterocycles. The van der Waals surface area contributed by atoms with Crippen LogP contribution >= 0.6 is 15.9 Å². The van der Waals surface area contributed by atoms with Crippen molar-refractivity contribution in [2.45, 2.75) is 6.61 Å². The minimum absolute atomic E-state index is 0.281. The van der Waals surface area contributed by atoms with Crippen molar-refractivity contribution in [1.29, 1.82) is 0 Å². The molecule has 0 radical (unpaired) electrons. The first-order valence-electron chi connectivity index (χ1n) is 4.28. The highest BCUT2D eigenvalue weighted by molar-refractivity contribution is 9.10. The van der Waals surface area contributed by atoms with Gasteiger partial charge in [0.2, 0.25) is 0 Å². The summed E-state index contributed by atoms with van der Waals surface area (Å²) in [5.74, 6) is 5.01. The van der Waals surface area contributed by atoms with Crippen LogP contribution in [0.3, 0.4) is 0 Å². The van der Waals surface area contributed by atoms with Crippen molar-refractivity contribution < 1.29 is 4.84 Å². The van der Waals surface area contributed by atoms with Crippen LogP contribution in [-0.2, 0) is 11.4 Å². The van der Waals surface area contributed by atoms with E-state index in [9.17, 15) is 0 Å². The largest absolute Gasteiger partial charge is 0.298 e. The van der Waals surface area contributed by atoms with E-state index in [2.05, 4.69) is 31.1 Å². The monoisotopic (exact) mass is 268 g/mol. The van der Waals surface area contributed by atoms with Crippen molar-refractivity contribution in [3.63, 3.8) is 0 Å². The van der Waals surface area contributed by atoms with Crippen LogP contribution in [0.5, 0.6) is 0 Å². The summed E-state index contributed by atoms with van der Waals surface area (Å²) < 4.78 is 2.70. The van der Waals surface area contributed by atoms with Crippen molar-refractivity contribution >= 4 is 15.9 Å². The molecule has 2 N–H and O–H groups in total. The van der Waals surface area contributed by atoms with Crippen molar-refractivity contribution in [3.8, 4) is 5.69 Å². The quantitative estimate of drug-likeness (QED) is 0.856. The van der Waals surface area contributed by atoms with Crippen LogP contribution in [0.25, 0.3) is 5.69 Å². The van der Waals surface area contributed by atoms with Gasteiger partial charge in [-0.25, -0.2) is 10.6 Å². The summed E-state index contributed by atoms with van der Waals surface area (Å²) >= 11 is 3.37. The molecule has 0 aliphatic rings. The van der Waals surface area contributed by atoms with Crippen LogP contribution in [0.15, 0.2) is 34.9 Å². The molecule has 0 unspecified atom stereocenters. The third-order valence-corrected chi connectivity index (χ3v) is 2.45. The van der Waals surface area contributed by atoms with Crippen LogP contribution in [0.4, 0.5) is 0 Å². The zero-order valence-corrected chi connectivity index (χ0v) is 9.39. The number of aromatic nitrogens is 3. The van der Waals surface area contributed by atoms with Gasteiger partial charge in [0.25, 0.3) is 0 Å². The maximum absolute atomic E-state index is 5.01. The second-order valence-electron chi connectivity index (χ2n) is 2.92. The van der Waals surface area contributed by atoms with E-state index in [1.54, 1.807) is 10.9 Å². The Hall–Kier alpha value is -1.24. The molecule has 0 spiro atoms. The fourth-order valence-electron chi connectivity index (χ4n) is 1.24. The molecule has 1 aromatic carbocycles. The third kappa shape index (κ3) is 2.23. The standard InChI is InChI=1S/C9H9BrN4O/c10-7-1-3-8(4-2-7)14-9(6-15-11)5-12-13-14/h1-5H,6,11H2. The van der Waals surface area contributed by atoms with E-state index in [4.69, 9.17) is 5.90 Å². The van der Waals surface area contributed by atoms with Gasteiger partial charge in [-0.2, -0.15) is 0 Å². The zero-order valence-electron chi connectivity index (χ0n) is 7.80. The number of rotatable bonds is 3. The lowest BCUT2D eigenvalue weighted by molar-refractivity contribution is 0.119. The molecular weight excluding hydrogens is 260 g/mol. The normalized spacial score (nSPS) is 10.5. The van der Waals surface area contributed by atoms with Crippen LogP contribution in [0.1, 0.15) is 5.69 Å². The minimum atomic E-state index is 0.281. The smallest absolute Gasteiger partial charge is 0.112 e. The Balaban J connectivity index is 2.36. The number of nitrogens with two attached hydrogens (primary N) is 1. The average Bonchev–Trinajstić information content (AvgIpc) is 2.68. The van der Waals surface area contributed by atoms with Crippen LogP contribution in [0, 0.1) is 0 Å². The van der Waals surface area contributed by atoms with Gasteiger partial charge in [-0.1, -0.05) is 21.1 Å². The number of nitrogens with zero attached hydrogens (tertiary/aromatic N) is 3. The molecule has 15 heavy (non-hydrogen) atoms. The Kier molecular flexibility index (Phi) is 3.10. The molecule has 78 valence electrons. The second kappa shape index (κ2) is 4.52. The first-order chi connectivity index (χ1) is 7.31. The second-order valence-corrected chi connectivity index (χ2v) is 3.84. The Bertz CT molecular complexity index is 440. The van der Waals surface area contributed by atoms with Crippen molar-refractivity contribution in [2.24, 2.45) is 5.90 Å². The zero-order chi connectivity index (χ0) is 10.7. The molecule has 2 aromatic rings. The highest BCUT2D eigenvalue weighted by Crippen LogP contribution is 2.14. The Morgan fingerprint density at radius 2 is 2.07 bits per heavy atom. The average molecular weight is 269 g/mol. The van der Waals surface area contributed by atoms with Gasteiger partial charge in [-0.3, -0.25) is 4.84 Å². The van der Waals surface area contributed by atoms with E-state index in [1.165, 1.54) is 0 Å². The highest BCUT2D eigenvalue weighted by Gasteiger charge is 2.05. The van der Waals surface area contributed by atoms with Gasteiger partial charge in [-0.05, 0) is 24.3 Å². The molecule has 0 amide bonds. The lowest BCUT2D eigenvalue weighted by Gasteiger charge is -2.04. The molecule has 0 fully saturated rings. The van der Waals surface area contributed by atoms with Gasteiger partial charge < -0.3 is 0 Å². The molecule has 2 rings (SSSR count). The van der Waals surface area contributed by atoms with E-state index >= 15 is 0 Å². The van der Waals surface area contributed by atoms with Gasteiger partial charge >= 0.3 is 0 Å². The molecular formula is C9H9BrN4O. The summed E-state index contributed by atoms with van der Waals surface area (Å²) in [4.78, 5) is 4.56. The fourth-order valence-corrected chi connectivity index (χ4v) is 1.50. The van der Waals surface area contributed by atoms with Crippen molar-refractivity contribution in [1.82, 2.24) is 15.0 Å². The van der Waals surface area contributed by atoms with Gasteiger partial charge in [0.05, 0.1) is 17.6 Å². The fraction of sp³-hybridized carbons (Fsp3) is 0.111. The first-order valence-corrected chi connectivity index (χ1v) is 5.08.